The number of carbonyl (C=O) groups is 4. The maximum atomic E-state index is 18.5. The Morgan fingerprint density at radius 1 is 0.127 bits per heavy atom. The van der Waals surface area contributed by atoms with E-state index in [1.807, 2.05) is 485 Å². The summed E-state index contributed by atoms with van der Waals surface area (Å²) in [6.45, 7) is -20.7. The van der Waals surface area contributed by atoms with E-state index in [1.54, 1.807) is 0 Å². The van der Waals surface area contributed by atoms with Crippen molar-refractivity contribution in [2.45, 2.75) is 0 Å². The molecule has 0 unspecified atom stereocenters. The Bertz CT molecular complexity index is 4920. The molecule has 0 saturated heterocycles. The van der Waals surface area contributed by atoms with Crippen LogP contribution in [0.25, 0.3) is 0 Å². The van der Waals surface area contributed by atoms with Gasteiger partial charge in [0.15, 0.2) is 0 Å². The number of benzene rings is 17. The van der Waals surface area contributed by atoms with E-state index in [4.69, 9.17) is 18.1 Å². The van der Waals surface area contributed by atoms with E-state index in [1.165, 1.54) is 12.1 Å². The van der Waals surface area contributed by atoms with Crippen LogP contribution < -0.4 is 84.9 Å². The van der Waals surface area contributed by atoms with E-state index < -0.39 is 73.5 Å². The first kappa shape index (κ1) is 76.9. The summed E-state index contributed by atoms with van der Waals surface area (Å²) in [5.41, 5.74) is -1.80. The Balaban J connectivity index is 1.06. The van der Waals surface area contributed by atoms with Crippen molar-refractivity contribution in [3.8, 4) is 0 Å². The minimum absolute atomic E-state index is 0.450. The first-order valence-corrected chi connectivity index (χ1v) is 47.8. The molecule has 17 aromatic carbocycles. The molecule has 118 heavy (non-hydrogen) atoms. The van der Waals surface area contributed by atoms with Gasteiger partial charge in [-0.1, -0.05) is 0 Å². The van der Waals surface area contributed by atoms with Gasteiger partial charge in [0.25, 0.3) is 0 Å². The van der Waals surface area contributed by atoms with E-state index in [9.17, 15) is 0 Å². The van der Waals surface area contributed by atoms with Gasteiger partial charge in [0.1, 0.15) is 0 Å². The van der Waals surface area contributed by atoms with E-state index in [0.29, 0.717) is 84.9 Å². The SMILES string of the molecule is O=C(OP(c1ccccc1)(c1ccccc1)(c1ccccc1)c1ccccc1)c1cc(C(=O)OP(c2ccccc2)(c2ccccc2)(c2ccccc2)c2ccccc2)c(C(=O)OP(c2ccccc2)(c2ccccc2)(c2ccccc2)c2ccccc2)cc1C(=O)OP(c1ccccc1)(c1ccccc1)(c1ccccc1)c1ccccc1. The molecule has 0 aliphatic rings. The monoisotopic (exact) mass is 1610 g/mol. The van der Waals surface area contributed by atoms with Crippen LogP contribution >= 0.6 is 27.3 Å². The zero-order valence-electron chi connectivity index (χ0n) is 64.4. The molecule has 0 aliphatic carbocycles. The summed E-state index contributed by atoms with van der Waals surface area (Å²) in [6, 6.07) is 158. The average Bonchev–Trinajstić information content (AvgIpc) is 0.694. The average molecular weight is 1610 g/mol. The molecule has 0 aromatic heterocycles. The fourth-order valence-corrected chi connectivity index (χ4v) is 40.4. The molecule has 0 saturated carbocycles. The number of hydrogen-bond donors (Lipinski definition) is 0. The van der Waals surface area contributed by atoms with Crippen molar-refractivity contribution in [3.05, 3.63) is 520 Å². The summed E-state index contributed by atoms with van der Waals surface area (Å²) in [6.07, 6.45) is 0. The third-order valence-electron chi connectivity index (χ3n) is 23.1. The van der Waals surface area contributed by atoms with Gasteiger partial charge in [0, 0.05) is 0 Å². The first-order valence-electron chi connectivity index (χ1n) is 39.2. The molecule has 0 bridgehead atoms. The molecule has 574 valence electrons. The molecule has 17 rings (SSSR count). The third-order valence-corrected chi connectivity index (χ3v) is 45.7. The summed E-state index contributed by atoms with van der Waals surface area (Å²) in [5, 5.41) is 10.1. The second-order valence-corrected chi connectivity index (χ2v) is 46.3. The van der Waals surface area contributed by atoms with Crippen LogP contribution in [0, 0.1) is 0 Å². The Morgan fingerprint density at radius 3 is 0.280 bits per heavy atom. The minimum atomic E-state index is -5.18. The van der Waals surface area contributed by atoms with E-state index >= 15 is 19.2 Å². The second-order valence-electron chi connectivity index (χ2n) is 29.0. The predicted octanol–water partition coefficient (Wildman–Crippen LogP) is 17.4. The summed E-state index contributed by atoms with van der Waals surface area (Å²) in [4.78, 5) is 73.9. The summed E-state index contributed by atoms with van der Waals surface area (Å²) < 4.78 is 33.0. The molecule has 12 heteroatoms. The van der Waals surface area contributed by atoms with Gasteiger partial charge in [-0.15, -0.1) is 0 Å². The molecule has 0 spiro atoms. The summed E-state index contributed by atoms with van der Waals surface area (Å²) in [7, 11) is 0. The molecule has 0 radical (unpaired) electrons. The van der Waals surface area contributed by atoms with Gasteiger partial charge >= 0.3 is 693 Å². The van der Waals surface area contributed by atoms with Crippen molar-refractivity contribution in [2.24, 2.45) is 0 Å². The number of hydrogen-bond acceptors (Lipinski definition) is 8. The zero-order valence-corrected chi connectivity index (χ0v) is 68.0. The Labute approximate surface area is 688 Å². The topological polar surface area (TPSA) is 105 Å². The quantitative estimate of drug-likeness (QED) is 0.0551. The van der Waals surface area contributed by atoms with E-state index in [0.717, 1.165) is 0 Å². The third kappa shape index (κ3) is 11.8. The molecular formula is C106H82O8P4. The van der Waals surface area contributed by atoms with Crippen molar-refractivity contribution in [3.63, 3.8) is 0 Å². The molecule has 0 aliphatic heterocycles. The summed E-state index contributed by atoms with van der Waals surface area (Å²) >= 11 is 0. The van der Waals surface area contributed by atoms with E-state index in [-0.39, 0.29) is 0 Å². The van der Waals surface area contributed by atoms with Crippen LogP contribution in [0.1, 0.15) is 41.4 Å². The Hall–Kier alpha value is -13.7. The van der Waals surface area contributed by atoms with Crippen molar-refractivity contribution in [2.75, 3.05) is 0 Å². The Morgan fingerprint density at radius 2 is 0.203 bits per heavy atom. The fourth-order valence-electron chi connectivity index (χ4n) is 18.0. The van der Waals surface area contributed by atoms with Crippen LogP contribution in [0.5, 0.6) is 0 Å². The number of carbonyl (C=O) groups excluding carboxylic acids is 4. The van der Waals surface area contributed by atoms with Crippen molar-refractivity contribution < 1.29 is 37.3 Å². The van der Waals surface area contributed by atoms with Crippen LogP contribution in [0.3, 0.4) is 0 Å². The second kappa shape index (κ2) is 31.9. The molecule has 17 aromatic rings. The van der Waals surface area contributed by atoms with Gasteiger partial charge in [-0.3, -0.25) is 0 Å². The molecule has 0 heterocycles. The fraction of sp³-hybridized carbons (Fsp3) is 0. The van der Waals surface area contributed by atoms with Crippen LogP contribution in [0.15, 0.2) is 497 Å². The van der Waals surface area contributed by atoms with Gasteiger partial charge in [0.2, 0.25) is 0 Å². The van der Waals surface area contributed by atoms with Crippen molar-refractivity contribution >= 4 is 136 Å². The van der Waals surface area contributed by atoms with Gasteiger partial charge in [-0.2, -0.15) is 0 Å². The molecule has 0 fully saturated rings. The molecule has 0 atom stereocenters. The number of rotatable bonds is 24. The van der Waals surface area contributed by atoms with Gasteiger partial charge in [0.05, 0.1) is 0 Å². The molecular weight excluding hydrogens is 1530 g/mol. The van der Waals surface area contributed by atoms with Gasteiger partial charge in [-0.25, -0.2) is 0 Å². The predicted molar refractivity (Wildman–Crippen MR) is 493 cm³/mol. The molecule has 8 nitrogen and oxygen atoms in total. The zero-order chi connectivity index (χ0) is 80.5. The van der Waals surface area contributed by atoms with Gasteiger partial charge in [-0.05, 0) is 0 Å². The van der Waals surface area contributed by atoms with Crippen LogP contribution in [-0.4, -0.2) is 23.9 Å². The van der Waals surface area contributed by atoms with Crippen molar-refractivity contribution in [1.82, 2.24) is 0 Å². The summed E-state index contributed by atoms with van der Waals surface area (Å²) in [5.74, 6) is -4.24. The molecule has 0 amide bonds. The normalized spacial score (nSPS) is 12.9. The molecule has 0 N–H and O–H groups in total. The van der Waals surface area contributed by atoms with Crippen LogP contribution in [-0.2, 0) is 18.1 Å². The Kier molecular flexibility index (Phi) is 20.8. The van der Waals surface area contributed by atoms with Crippen LogP contribution in [0.2, 0.25) is 0 Å². The van der Waals surface area contributed by atoms with E-state index in [2.05, 4.69) is 0 Å². The first-order chi connectivity index (χ1) is 58.0. The van der Waals surface area contributed by atoms with Crippen molar-refractivity contribution in [1.29, 1.82) is 0 Å². The maximum absolute atomic E-state index is 18.5. The van der Waals surface area contributed by atoms with Crippen LogP contribution in [0.4, 0.5) is 0 Å². The standard InChI is InChI=1S/C106H82O8P4/c107-103(111-115(83-49-17-1-18-50-83,84-51-19-2-20-52-84,85-53-21-3-22-54-85)86-55-23-4-24-56-86)99-81-101(105(109)113-117(91-65-33-9-34-66-91,92-67-35-10-36-68-92,93-69-37-11-38-70-93)94-71-39-12-40-72-94)102(106(110)114-118(95-73-41-13-42-74-95,96-75-43-14-44-76-96,97-77-45-15-46-78-97)98-79-47-16-48-80-98)82-100(99)104(108)112-116(87-57-25-5-26-58-87,88-59-27-6-28-60-88,89-61-29-7-30-62-89)90-63-31-8-32-64-90/h1-82H. The van der Waals surface area contributed by atoms with Gasteiger partial charge < -0.3 is 0 Å².